The van der Waals surface area contributed by atoms with Gasteiger partial charge >= 0.3 is 0 Å². The molecule has 8 heteroatoms. The summed E-state index contributed by atoms with van der Waals surface area (Å²) in [6.07, 6.45) is 0. The summed E-state index contributed by atoms with van der Waals surface area (Å²) in [6, 6.07) is 21.0. The molecule has 4 aromatic carbocycles. The van der Waals surface area contributed by atoms with Crippen molar-refractivity contribution in [2.75, 3.05) is 0 Å². The Labute approximate surface area is 193 Å². The number of benzene rings is 4. The lowest BCUT2D eigenvalue weighted by Crippen LogP contribution is -2.22. The first-order chi connectivity index (χ1) is 16.2. The van der Waals surface area contributed by atoms with Crippen molar-refractivity contribution in [1.29, 1.82) is 0 Å². The number of carbonyl (C=O) groups excluding carboxylic acids is 4. The molecule has 0 unspecified atom stereocenters. The van der Waals surface area contributed by atoms with Crippen molar-refractivity contribution in [2.45, 2.75) is 0 Å². The first-order valence-corrected chi connectivity index (χ1v) is 9.75. The molecule has 0 saturated heterocycles. The molecule has 0 heterocycles. The van der Waals surface area contributed by atoms with Crippen LogP contribution in [-0.2, 0) is 0 Å². The summed E-state index contributed by atoms with van der Waals surface area (Å²) in [5, 5.41) is 43.7. The van der Waals surface area contributed by atoms with Gasteiger partial charge in [0.05, 0.1) is 23.9 Å². The summed E-state index contributed by atoms with van der Waals surface area (Å²) in [4.78, 5) is 42.4. The number of carboxylic acids is 4. The fraction of sp³-hybridized carbons (Fsp3) is 0. The fourth-order valence-corrected chi connectivity index (χ4v) is 3.10. The van der Waals surface area contributed by atoms with Gasteiger partial charge in [-0.1, -0.05) is 72.8 Å². The minimum atomic E-state index is -1.26. The molecule has 0 aliphatic carbocycles. The number of rotatable bonds is 5. The molecule has 0 aromatic heterocycles. The van der Waals surface area contributed by atoms with Crippen LogP contribution in [0.2, 0.25) is 0 Å². The van der Waals surface area contributed by atoms with Crippen LogP contribution in [0.25, 0.3) is 21.9 Å². The molecule has 0 bridgehead atoms. The lowest BCUT2D eigenvalue weighted by molar-refractivity contribution is -0.256. The Morgan fingerprint density at radius 1 is 0.382 bits per heavy atom. The molecule has 4 aromatic rings. The first kappa shape index (κ1) is 23.7. The smallest absolute Gasteiger partial charge is 0.0715 e. The number of carbonyl (C=O) groups is 4. The Hall–Kier alpha value is -4.98. The van der Waals surface area contributed by atoms with Crippen molar-refractivity contribution < 1.29 is 39.6 Å². The normalized spacial score (nSPS) is 10.1. The molecule has 0 atom stereocenters. The van der Waals surface area contributed by atoms with E-state index in [1.54, 1.807) is 24.3 Å². The monoisotopic (exact) mass is 454 g/mol. The topological polar surface area (TPSA) is 161 Å². The maximum absolute atomic E-state index is 10.6. The van der Waals surface area contributed by atoms with Gasteiger partial charge in [-0.05, 0) is 56.3 Å². The average Bonchev–Trinajstić information content (AvgIpc) is 2.83. The van der Waals surface area contributed by atoms with Crippen molar-refractivity contribution in [3.63, 3.8) is 0 Å². The van der Waals surface area contributed by atoms with E-state index >= 15 is 0 Å². The number of aromatic carboxylic acids is 4. The van der Waals surface area contributed by atoms with Gasteiger partial charge in [0.1, 0.15) is 0 Å². The molecule has 0 fully saturated rings. The molecule has 0 aliphatic heterocycles. The van der Waals surface area contributed by atoms with E-state index < -0.39 is 23.9 Å². The van der Waals surface area contributed by atoms with E-state index in [0.29, 0.717) is 10.8 Å². The highest BCUT2D eigenvalue weighted by atomic mass is 16.4. The van der Waals surface area contributed by atoms with Gasteiger partial charge in [0.25, 0.3) is 0 Å². The zero-order valence-electron chi connectivity index (χ0n) is 17.3. The quantitative estimate of drug-likeness (QED) is 0.395. The molecule has 0 amide bonds. The Kier molecular flexibility index (Phi) is 7.03. The lowest BCUT2D eigenvalue weighted by atomic mass is 10.0. The molecule has 34 heavy (non-hydrogen) atoms. The van der Waals surface area contributed by atoms with E-state index in [1.165, 1.54) is 60.7 Å². The standard InChI is InChI=1S/C14H10O4.C12H8O4/c15-13(16)11-5-1-9(2-6-11)10-3-7-12(8-4-10)14(17)18;13-11(14)9-3-1-7-5-10(12(15)16)4-2-8(7)6-9/h1-8H,(H,15,16)(H,17,18);1-6H,(H,13,14)(H,15,16)/p-4. The highest BCUT2D eigenvalue weighted by Crippen LogP contribution is 2.20. The molecule has 0 N–H and O–H groups in total. The average molecular weight is 454 g/mol. The summed E-state index contributed by atoms with van der Waals surface area (Å²) in [5.41, 5.74) is 1.92. The van der Waals surface area contributed by atoms with Crippen molar-refractivity contribution in [1.82, 2.24) is 0 Å². The van der Waals surface area contributed by atoms with Crippen LogP contribution in [0.15, 0.2) is 84.9 Å². The molecule has 0 spiro atoms. The predicted molar refractivity (Wildman–Crippen MR) is 113 cm³/mol. The van der Waals surface area contributed by atoms with Crippen LogP contribution in [0.5, 0.6) is 0 Å². The highest BCUT2D eigenvalue weighted by Gasteiger charge is 2.01. The molecule has 4 rings (SSSR count). The molecular weight excluding hydrogens is 440 g/mol. The van der Waals surface area contributed by atoms with Gasteiger partial charge in [0.2, 0.25) is 0 Å². The maximum Gasteiger partial charge on any atom is 0.0715 e. The zero-order valence-corrected chi connectivity index (χ0v) is 17.3. The Bertz CT molecular complexity index is 1280. The van der Waals surface area contributed by atoms with Crippen LogP contribution in [0.4, 0.5) is 0 Å². The third-order valence-electron chi connectivity index (χ3n) is 4.89. The van der Waals surface area contributed by atoms with E-state index in [-0.39, 0.29) is 22.3 Å². The predicted octanol–water partition coefficient (Wildman–Crippen LogP) is -0.353. The van der Waals surface area contributed by atoms with E-state index in [0.717, 1.165) is 11.1 Å². The molecule has 8 nitrogen and oxygen atoms in total. The Morgan fingerprint density at radius 3 is 0.912 bits per heavy atom. The number of fused-ring (bicyclic) bond motifs is 1. The Balaban J connectivity index is 0.000000192. The van der Waals surface area contributed by atoms with Crippen LogP contribution in [0.3, 0.4) is 0 Å². The van der Waals surface area contributed by atoms with Gasteiger partial charge in [-0.2, -0.15) is 0 Å². The third kappa shape index (κ3) is 5.63. The number of hydrogen-bond acceptors (Lipinski definition) is 8. The van der Waals surface area contributed by atoms with E-state index in [4.69, 9.17) is 0 Å². The SMILES string of the molecule is O=C([O-])c1ccc(-c2ccc(C(=O)[O-])cc2)cc1.O=C([O-])c1ccc2cc(C(=O)[O-])ccc2c1. The van der Waals surface area contributed by atoms with Crippen molar-refractivity contribution in [2.24, 2.45) is 0 Å². The van der Waals surface area contributed by atoms with Crippen molar-refractivity contribution in [3.05, 3.63) is 107 Å². The maximum atomic E-state index is 10.6. The zero-order chi connectivity index (χ0) is 24.8. The first-order valence-electron chi connectivity index (χ1n) is 9.75. The Morgan fingerprint density at radius 2 is 0.647 bits per heavy atom. The van der Waals surface area contributed by atoms with E-state index in [2.05, 4.69) is 0 Å². The van der Waals surface area contributed by atoms with Gasteiger partial charge in [-0.3, -0.25) is 0 Å². The summed E-state index contributed by atoms with van der Waals surface area (Å²) in [7, 11) is 0. The largest absolute Gasteiger partial charge is 0.545 e. The van der Waals surface area contributed by atoms with E-state index in [9.17, 15) is 39.6 Å². The van der Waals surface area contributed by atoms with Gasteiger partial charge in [-0.15, -0.1) is 0 Å². The summed E-state index contributed by atoms with van der Waals surface area (Å²) in [5.74, 6) is -4.97. The van der Waals surface area contributed by atoms with Gasteiger partial charge in [-0.25, -0.2) is 0 Å². The minimum absolute atomic E-state index is 0.0636. The molecule has 0 saturated carbocycles. The van der Waals surface area contributed by atoms with Crippen LogP contribution < -0.4 is 20.4 Å². The van der Waals surface area contributed by atoms with Crippen LogP contribution in [0.1, 0.15) is 41.4 Å². The second-order valence-electron chi connectivity index (χ2n) is 7.08. The third-order valence-corrected chi connectivity index (χ3v) is 4.89. The summed E-state index contributed by atoms with van der Waals surface area (Å²) >= 11 is 0. The summed E-state index contributed by atoms with van der Waals surface area (Å²) in [6.45, 7) is 0. The van der Waals surface area contributed by atoms with E-state index in [1.807, 2.05) is 0 Å². The fourth-order valence-electron chi connectivity index (χ4n) is 3.10. The second kappa shape index (κ2) is 10.1. The molecule has 0 radical (unpaired) electrons. The number of hydrogen-bond donors (Lipinski definition) is 0. The van der Waals surface area contributed by atoms with Gasteiger partial charge in [0.15, 0.2) is 0 Å². The summed E-state index contributed by atoms with van der Waals surface area (Å²) < 4.78 is 0. The highest BCUT2D eigenvalue weighted by molar-refractivity contribution is 5.97. The van der Waals surface area contributed by atoms with Crippen LogP contribution >= 0.6 is 0 Å². The molecule has 170 valence electrons. The molecular formula is C26H14O8-4. The van der Waals surface area contributed by atoms with Gasteiger partial charge in [0, 0.05) is 0 Å². The lowest BCUT2D eigenvalue weighted by Gasteiger charge is -2.07. The van der Waals surface area contributed by atoms with Crippen molar-refractivity contribution >= 4 is 34.6 Å². The molecule has 0 aliphatic rings. The van der Waals surface area contributed by atoms with Gasteiger partial charge < -0.3 is 39.6 Å². The minimum Gasteiger partial charge on any atom is -0.545 e. The van der Waals surface area contributed by atoms with Crippen LogP contribution in [-0.4, -0.2) is 23.9 Å². The second-order valence-corrected chi connectivity index (χ2v) is 7.08. The number of carboxylic acid groups (broad SMARTS) is 4. The van der Waals surface area contributed by atoms with Crippen LogP contribution in [0, 0.1) is 0 Å². The van der Waals surface area contributed by atoms with Crippen molar-refractivity contribution in [3.8, 4) is 11.1 Å².